The number of piperidine rings is 2. The molecule has 3 fully saturated rings. The maximum absolute atomic E-state index is 13.2. The maximum Gasteiger partial charge on any atom is 0.416 e. The minimum Gasteiger partial charge on any atom is -0.384 e. The van der Waals surface area contributed by atoms with Crippen molar-refractivity contribution >= 4 is 17.7 Å². The minimum absolute atomic E-state index is 0.188. The number of rotatable bonds is 4. The first-order valence-corrected chi connectivity index (χ1v) is 13.9. The number of imide groups is 1. The van der Waals surface area contributed by atoms with E-state index in [0.29, 0.717) is 38.0 Å². The van der Waals surface area contributed by atoms with Crippen LogP contribution in [0.2, 0.25) is 0 Å². The lowest BCUT2D eigenvalue weighted by molar-refractivity contribution is -0.142. The number of hydrogen-bond acceptors (Lipinski definition) is 5. The van der Waals surface area contributed by atoms with Crippen molar-refractivity contribution in [1.82, 2.24) is 15.1 Å². The molecule has 2 saturated heterocycles. The summed E-state index contributed by atoms with van der Waals surface area (Å²) in [6, 6.07) is 10.1. The second-order valence-electron chi connectivity index (χ2n) is 11.8. The van der Waals surface area contributed by atoms with E-state index in [-0.39, 0.29) is 24.8 Å². The molecule has 6 rings (SSSR count). The SMILES string of the molecule is O=C1CC[C@H](N2Cc3cc([C@]4(O)CCN(Cc5ccc(C(F)(F)F)cc5)CC45CCCC5)ccc3C2=O)C(=O)N1. The number of nitrogens with zero attached hydrogens (tertiary/aromatic N) is 2. The van der Waals surface area contributed by atoms with Crippen molar-refractivity contribution in [1.29, 1.82) is 0 Å². The topological polar surface area (TPSA) is 90.0 Å². The van der Waals surface area contributed by atoms with E-state index < -0.39 is 34.7 Å². The van der Waals surface area contributed by atoms with Crippen LogP contribution in [0.25, 0.3) is 0 Å². The van der Waals surface area contributed by atoms with E-state index in [1.807, 2.05) is 12.1 Å². The number of halogens is 3. The molecule has 1 aliphatic carbocycles. The number of carbonyl (C=O) groups excluding carboxylic acids is 3. The summed E-state index contributed by atoms with van der Waals surface area (Å²) in [4.78, 5) is 40.9. The van der Waals surface area contributed by atoms with Crippen molar-refractivity contribution in [3.05, 3.63) is 70.3 Å². The molecule has 4 aliphatic rings. The van der Waals surface area contributed by atoms with Crippen LogP contribution in [0.5, 0.6) is 0 Å². The van der Waals surface area contributed by atoms with Crippen molar-refractivity contribution in [2.75, 3.05) is 13.1 Å². The Bertz CT molecular complexity index is 1350. The standard InChI is InChI=1S/C30H32F3N3O4/c31-30(32,33)21-5-3-19(4-6-21)16-35-14-13-29(40,28(18-35)11-1-2-12-28)22-7-8-23-20(15-22)17-36(27(23)39)24-9-10-25(37)34-26(24)38/h3-8,15,24,40H,1-2,9-14,16-18H2,(H,34,37,38)/t24-,29+/m0/s1. The predicted molar refractivity (Wildman–Crippen MR) is 139 cm³/mol. The average molecular weight is 556 g/mol. The van der Waals surface area contributed by atoms with E-state index in [1.54, 1.807) is 6.07 Å². The molecule has 1 spiro atoms. The second kappa shape index (κ2) is 9.69. The summed E-state index contributed by atoms with van der Waals surface area (Å²) in [6.45, 7) is 1.97. The Labute approximate surface area is 230 Å². The summed E-state index contributed by atoms with van der Waals surface area (Å²) in [7, 11) is 0. The first-order chi connectivity index (χ1) is 19.0. The zero-order valence-electron chi connectivity index (χ0n) is 22.1. The number of alkyl halides is 3. The van der Waals surface area contributed by atoms with E-state index in [9.17, 15) is 32.7 Å². The number of amides is 3. The summed E-state index contributed by atoms with van der Waals surface area (Å²) in [6.07, 6.45) is 0.236. The van der Waals surface area contributed by atoms with Crippen LogP contribution in [0.1, 0.15) is 77.6 Å². The van der Waals surface area contributed by atoms with Gasteiger partial charge in [0, 0.05) is 43.6 Å². The van der Waals surface area contributed by atoms with E-state index >= 15 is 0 Å². The van der Waals surface area contributed by atoms with Gasteiger partial charge in [0.05, 0.1) is 11.2 Å². The van der Waals surface area contributed by atoms with Crippen LogP contribution in [0.4, 0.5) is 13.2 Å². The summed E-state index contributed by atoms with van der Waals surface area (Å²) in [5.74, 6) is -1.03. The van der Waals surface area contributed by atoms with Crippen LogP contribution in [0.15, 0.2) is 42.5 Å². The lowest BCUT2D eigenvalue weighted by atomic mass is 9.63. The normalized spacial score (nSPS) is 26.9. The van der Waals surface area contributed by atoms with Gasteiger partial charge in [-0.25, -0.2) is 0 Å². The quantitative estimate of drug-likeness (QED) is 0.554. The van der Waals surface area contributed by atoms with Gasteiger partial charge >= 0.3 is 6.18 Å². The van der Waals surface area contributed by atoms with Gasteiger partial charge in [-0.15, -0.1) is 0 Å². The van der Waals surface area contributed by atoms with Crippen molar-refractivity contribution in [2.45, 2.75) is 75.9 Å². The highest BCUT2D eigenvalue weighted by molar-refractivity contribution is 6.05. The first-order valence-electron chi connectivity index (χ1n) is 13.9. The van der Waals surface area contributed by atoms with Gasteiger partial charge < -0.3 is 10.0 Å². The molecule has 0 unspecified atom stereocenters. The average Bonchev–Trinajstić information content (AvgIpc) is 3.51. The van der Waals surface area contributed by atoms with Crippen molar-refractivity contribution in [3.63, 3.8) is 0 Å². The first kappa shape index (κ1) is 27.0. The molecule has 3 aliphatic heterocycles. The Morgan fingerprint density at radius 3 is 2.40 bits per heavy atom. The van der Waals surface area contributed by atoms with Crippen LogP contribution < -0.4 is 5.32 Å². The Morgan fingerprint density at radius 1 is 1.00 bits per heavy atom. The van der Waals surface area contributed by atoms with Crippen molar-refractivity contribution < 1.29 is 32.7 Å². The molecule has 0 aromatic heterocycles. The zero-order valence-corrected chi connectivity index (χ0v) is 22.1. The molecule has 40 heavy (non-hydrogen) atoms. The summed E-state index contributed by atoms with van der Waals surface area (Å²) < 4.78 is 39.0. The number of aliphatic hydroxyl groups is 1. The van der Waals surface area contributed by atoms with Crippen molar-refractivity contribution in [3.8, 4) is 0 Å². The van der Waals surface area contributed by atoms with Crippen LogP contribution in [0.3, 0.4) is 0 Å². The molecular formula is C30H32F3N3O4. The molecule has 2 aromatic carbocycles. The van der Waals surface area contributed by atoms with Gasteiger partial charge in [0.25, 0.3) is 5.91 Å². The third-order valence-corrected chi connectivity index (χ3v) is 9.44. The molecule has 1 saturated carbocycles. The van der Waals surface area contributed by atoms with Gasteiger partial charge in [-0.2, -0.15) is 13.2 Å². The zero-order chi connectivity index (χ0) is 28.3. The molecule has 2 N–H and O–H groups in total. The molecule has 0 radical (unpaired) electrons. The number of fused-ring (bicyclic) bond motifs is 1. The van der Waals surface area contributed by atoms with Gasteiger partial charge in [-0.1, -0.05) is 37.1 Å². The van der Waals surface area contributed by atoms with E-state index in [0.717, 1.165) is 54.5 Å². The molecule has 2 aromatic rings. The van der Waals surface area contributed by atoms with Crippen LogP contribution in [-0.2, 0) is 34.5 Å². The van der Waals surface area contributed by atoms with Crippen LogP contribution in [-0.4, -0.2) is 51.8 Å². The summed E-state index contributed by atoms with van der Waals surface area (Å²) in [5.41, 5.74) is 0.662. The smallest absolute Gasteiger partial charge is 0.384 e. The minimum atomic E-state index is -4.37. The number of likely N-dealkylation sites (tertiary alicyclic amines) is 1. The molecular weight excluding hydrogens is 523 g/mol. The number of hydrogen-bond donors (Lipinski definition) is 2. The largest absolute Gasteiger partial charge is 0.416 e. The molecule has 10 heteroatoms. The Kier molecular flexibility index (Phi) is 6.53. The fourth-order valence-electron chi connectivity index (χ4n) is 7.32. The van der Waals surface area contributed by atoms with Gasteiger partial charge in [-0.3, -0.25) is 24.6 Å². The van der Waals surface area contributed by atoms with Crippen LogP contribution >= 0.6 is 0 Å². The van der Waals surface area contributed by atoms with E-state index in [2.05, 4.69) is 10.2 Å². The third kappa shape index (κ3) is 4.51. The number of carbonyl (C=O) groups is 3. The third-order valence-electron chi connectivity index (χ3n) is 9.44. The maximum atomic E-state index is 13.2. The number of nitrogens with one attached hydrogen (secondary N) is 1. The highest BCUT2D eigenvalue weighted by Gasteiger charge is 2.55. The predicted octanol–water partition coefficient (Wildman–Crippen LogP) is 4.12. The van der Waals surface area contributed by atoms with Gasteiger partial charge in [0.2, 0.25) is 11.8 Å². The number of benzene rings is 2. The highest BCUT2D eigenvalue weighted by Crippen LogP contribution is 2.56. The molecule has 2 atom stereocenters. The molecule has 7 nitrogen and oxygen atoms in total. The Balaban J connectivity index is 1.22. The monoisotopic (exact) mass is 555 g/mol. The summed E-state index contributed by atoms with van der Waals surface area (Å²) in [5, 5.41) is 14.7. The van der Waals surface area contributed by atoms with Crippen LogP contribution in [0, 0.1) is 5.41 Å². The van der Waals surface area contributed by atoms with Gasteiger partial charge in [-0.05, 0) is 60.6 Å². The van der Waals surface area contributed by atoms with E-state index in [4.69, 9.17) is 0 Å². The fourth-order valence-corrected chi connectivity index (χ4v) is 7.32. The van der Waals surface area contributed by atoms with Gasteiger partial charge in [0.1, 0.15) is 6.04 Å². The van der Waals surface area contributed by atoms with E-state index in [1.165, 1.54) is 17.0 Å². The lowest BCUT2D eigenvalue weighted by Crippen LogP contribution is -2.56. The highest BCUT2D eigenvalue weighted by atomic mass is 19.4. The molecule has 0 bridgehead atoms. The molecule has 212 valence electrons. The lowest BCUT2D eigenvalue weighted by Gasteiger charge is -2.53. The molecule has 3 amide bonds. The second-order valence-corrected chi connectivity index (χ2v) is 11.8. The summed E-state index contributed by atoms with van der Waals surface area (Å²) >= 11 is 0. The Morgan fingerprint density at radius 2 is 1.73 bits per heavy atom. The Hall–Kier alpha value is -3.24. The fraction of sp³-hybridized carbons (Fsp3) is 0.500. The van der Waals surface area contributed by atoms with Crippen molar-refractivity contribution in [2.24, 2.45) is 5.41 Å². The molecule has 3 heterocycles. The van der Waals surface area contributed by atoms with Gasteiger partial charge in [0.15, 0.2) is 0 Å².